The van der Waals surface area contributed by atoms with Gasteiger partial charge >= 0.3 is 21.1 Å². The van der Waals surface area contributed by atoms with E-state index in [4.69, 9.17) is 9.72 Å². The van der Waals surface area contributed by atoms with Crippen molar-refractivity contribution in [1.82, 2.24) is 18.9 Å². The molecule has 4 aromatic heterocycles. The van der Waals surface area contributed by atoms with Gasteiger partial charge < -0.3 is 18.6 Å². The predicted octanol–water partition coefficient (Wildman–Crippen LogP) is 10.1. The molecule has 6 aromatic carbocycles. The number of para-hydroxylation sites is 3. The molecule has 8 heteroatoms. The molecule has 54 heavy (non-hydrogen) atoms. The van der Waals surface area contributed by atoms with Gasteiger partial charge in [0.25, 0.3) is 0 Å². The van der Waals surface area contributed by atoms with Crippen LogP contribution < -0.4 is 20.0 Å². The largest absolute Gasteiger partial charge is 2.00 e. The molecule has 6 nitrogen and oxygen atoms in total. The molecule has 0 N–H and O–H groups in total. The summed E-state index contributed by atoms with van der Waals surface area (Å²) in [5.41, 5.74) is 8.35. The quantitative estimate of drug-likeness (QED) is 0.100. The second-order valence-electron chi connectivity index (χ2n) is 14.2. The Morgan fingerprint density at radius 3 is 2.26 bits per heavy atom. The van der Waals surface area contributed by atoms with E-state index in [2.05, 4.69) is 153 Å². The summed E-state index contributed by atoms with van der Waals surface area (Å²) in [5, 5.41) is 8.27. The van der Waals surface area contributed by atoms with Crippen LogP contribution in [-0.4, -0.2) is 27.0 Å². The molecule has 1 aliphatic heterocycles. The van der Waals surface area contributed by atoms with E-state index in [1.54, 1.807) is 0 Å². The van der Waals surface area contributed by atoms with Crippen molar-refractivity contribution < 1.29 is 25.8 Å². The summed E-state index contributed by atoms with van der Waals surface area (Å²) in [4.78, 5) is 12.1. The topological polar surface area (TPSA) is 47.6 Å². The third kappa shape index (κ3) is 4.75. The Balaban J connectivity index is 0.00000361. The van der Waals surface area contributed by atoms with Crippen molar-refractivity contribution in [3.63, 3.8) is 0 Å². The van der Waals surface area contributed by atoms with Crippen LogP contribution in [-0.2, 0) is 21.1 Å². The van der Waals surface area contributed by atoms with E-state index < -0.39 is 8.07 Å². The van der Waals surface area contributed by atoms with Gasteiger partial charge in [0.15, 0.2) is 0 Å². The van der Waals surface area contributed by atoms with Crippen molar-refractivity contribution >= 4 is 84.8 Å². The molecule has 0 radical (unpaired) electrons. The molecule has 11 rings (SSSR count). The number of imidazole rings is 1. The monoisotopic (exact) mass is 892 g/mol. The fraction of sp³-hybridized carbons (Fsp3) is 0.0435. The summed E-state index contributed by atoms with van der Waals surface area (Å²) in [6.45, 7) is 4.93. The Bertz CT molecular complexity index is 3100. The van der Waals surface area contributed by atoms with E-state index >= 15 is 0 Å². The first-order chi connectivity index (χ1) is 26.0. The van der Waals surface area contributed by atoms with Gasteiger partial charge in [0.1, 0.15) is 13.7 Å². The number of fused-ring (bicyclic) bond motifs is 11. The average molecular weight is 893 g/mol. The number of ether oxygens (including phenoxy) is 1. The third-order valence-electron chi connectivity index (χ3n) is 10.8. The number of anilines is 3. The Morgan fingerprint density at radius 1 is 0.574 bits per heavy atom. The van der Waals surface area contributed by atoms with Gasteiger partial charge in [-0.25, -0.2) is 4.98 Å². The summed E-state index contributed by atoms with van der Waals surface area (Å²) < 4.78 is 10.9. The number of rotatable bonds is 4. The molecule has 0 aliphatic carbocycles. The SMILES string of the molecule is C[Si]1(C)c2ccccc2N(c2ccccc2)c2cc3c(cc21)c1cccnc1n3-c1[c-]c(Oc2[c-]c3c(cc2)c2ccccc2n2ccnc32)ccc1.[Pt+2]. The maximum Gasteiger partial charge on any atom is 2.00 e. The maximum atomic E-state index is 6.53. The van der Waals surface area contributed by atoms with Gasteiger partial charge in [0.2, 0.25) is 0 Å². The van der Waals surface area contributed by atoms with Crippen LogP contribution in [0.1, 0.15) is 0 Å². The minimum Gasteiger partial charge on any atom is -0.503 e. The van der Waals surface area contributed by atoms with Crippen molar-refractivity contribution in [3.8, 4) is 17.2 Å². The Morgan fingerprint density at radius 2 is 1.35 bits per heavy atom. The number of nitrogens with zero attached hydrogens (tertiary/aromatic N) is 5. The first-order valence-corrected chi connectivity index (χ1v) is 20.8. The van der Waals surface area contributed by atoms with Gasteiger partial charge in [-0.3, -0.25) is 4.98 Å². The Kier molecular flexibility index (Phi) is 7.41. The number of pyridine rings is 2. The second kappa shape index (κ2) is 12.3. The van der Waals surface area contributed by atoms with E-state index in [0.717, 1.165) is 55.2 Å². The van der Waals surface area contributed by atoms with Crippen LogP contribution in [0.25, 0.3) is 54.9 Å². The van der Waals surface area contributed by atoms with Crippen LogP contribution in [0.3, 0.4) is 0 Å². The summed E-state index contributed by atoms with van der Waals surface area (Å²) >= 11 is 0. The van der Waals surface area contributed by atoms with E-state index in [9.17, 15) is 0 Å². The minimum absolute atomic E-state index is 0. The van der Waals surface area contributed by atoms with Crippen LogP contribution >= 0.6 is 0 Å². The maximum absolute atomic E-state index is 6.53. The first kappa shape index (κ1) is 32.6. The van der Waals surface area contributed by atoms with E-state index in [0.29, 0.717) is 11.5 Å². The molecule has 5 heterocycles. The van der Waals surface area contributed by atoms with E-state index in [1.165, 1.54) is 27.1 Å². The Hall–Kier alpha value is -6.01. The van der Waals surface area contributed by atoms with Crippen LogP contribution in [0.15, 0.2) is 152 Å². The smallest absolute Gasteiger partial charge is 0.503 e. The fourth-order valence-corrected chi connectivity index (χ4v) is 11.4. The zero-order valence-corrected chi connectivity index (χ0v) is 32.7. The van der Waals surface area contributed by atoms with Crippen molar-refractivity contribution in [1.29, 1.82) is 0 Å². The molecule has 0 amide bonds. The number of hydrogen-bond donors (Lipinski definition) is 0. The van der Waals surface area contributed by atoms with Crippen molar-refractivity contribution in [3.05, 3.63) is 164 Å². The zero-order valence-electron chi connectivity index (χ0n) is 29.4. The molecule has 0 saturated carbocycles. The zero-order chi connectivity index (χ0) is 35.3. The molecule has 0 atom stereocenters. The average Bonchev–Trinajstić information content (AvgIpc) is 3.82. The van der Waals surface area contributed by atoms with Gasteiger partial charge in [0, 0.05) is 63.4 Å². The third-order valence-corrected chi connectivity index (χ3v) is 14.4. The summed E-state index contributed by atoms with van der Waals surface area (Å²) in [5.74, 6) is 1.19. The number of aromatic nitrogens is 4. The second-order valence-corrected chi connectivity index (χ2v) is 18.5. The van der Waals surface area contributed by atoms with Gasteiger partial charge in [-0.15, -0.1) is 30.3 Å². The van der Waals surface area contributed by atoms with E-state index in [1.807, 2.05) is 42.9 Å². The van der Waals surface area contributed by atoms with Crippen molar-refractivity contribution in [2.75, 3.05) is 4.90 Å². The van der Waals surface area contributed by atoms with Gasteiger partial charge in [-0.1, -0.05) is 96.3 Å². The molecule has 1 aliphatic rings. The molecule has 0 bridgehead atoms. The summed E-state index contributed by atoms with van der Waals surface area (Å²) in [6.07, 6.45) is 5.69. The van der Waals surface area contributed by atoms with Crippen molar-refractivity contribution in [2.24, 2.45) is 0 Å². The number of hydrogen-bond acceptors (Lipinski definition) is 4. The molecule has 0 saturated heterocycles. The van der Waals surface area contributed by atoms with Crippen molar-refractivity contribution in [2.45, 2.75) is 13.1 Å². The summed E-state index contributed by atoms with van der Waals surface area (Å²) in [6, 6.07) is 54.2. The molecular weight excluding hydrogens is 862 g/mol. The first-order valence-electron chi connectivity index (χ1n) is 17.8. The van der Waals surface area contributed by atoms with Crippen LogP contribution in [0, 0.1) is 12.1 Å². The summed E-state index contributed by atoms with van der Waals surface area (Å²) in [7, 11) is -2.09. The molecule has 0 unspecified atom stereocenters. The van der Waals surface area contributed by atoms with Gasteiger partial charge in [-0.2, -0.15) is 6.07 Å². The molecule has 10 aromatic rings. The normalized spacial score (nSPS) is 13.3. The number of benzene rings is 6. The van der Waals surface area contributed by atoms with Crippen LogP contribution in [0.4, 0.5) is 17.1 Å². The van der Waals surface area contributed by atoms with Crippen LogP contribution in [0.5, 0.6) is 11.5 Å². The van der Waals surface area contributed by atoms with E-state index in [-0.39, 0.29) is 21.1 Å². The minimum atomic E-state index is -2.09. The standard InChI is InChI=1S/C46H31N5OSi.Pt/c1-53(2)43-20-9-8-19-40(43)50(30-12-4-3-5-13-30)42-29-41-37(28-44(42)53)36-17-11-23-47-46(36)51(41)31-14-10-15-32(26-31)52-33-21-22-34-35-16-6-7-18-39(35)49-25-24-48-45(49)38(34)27-33;/h3-25,28-29H,1-2H3;/q-2;+2. The Labute approximate surface area is 327 Å². The molecule has 0 fully saturated rings. The van der Waals surface area contributed by atoms with Gasteiger partial charge in [-0.05, 0) is 58.2 Å². The molecule has 0 spiro atoms. The molecule has 260 valence electrons. The molecular formula is C46H31N5OPtSi. The predicted molar refractivity (Wildman–Crippen MR) is 218 cm³/mol. The fourth-order valence-electron chi connectivity index (χ4n) is 8.41. The van der Waals surface area contributed by atoms with Gasteiger partial charge in [0.05, 0.1) is 11.2 Å². The van der Waals surface area contributed by atoms with Crippen LogP contribution in [0.2, 0.25) is 13.1 Å².